The molecule has 1 aliphatic carbocycles. The molecular formula is C16H21NO5. The number of carbonyl (C=O) groups is 2. The van der Waals surface area contributed by atoms with Gasteiger partial charge in [0.25, 0.3) is 5.91 Å². The molecule has 1 saturated carbocycles. The van der Waals surface area contributed by atoms with Crippen molar-refractivity contribution in [2.75, 3.05) is 20.3 Å². The lowest BCUT2D eigenvalue weighted by atomic mass is 10.1. The standard InChI is InChI=1S/C16H21NO5/c1-21-7-8-22-14-4-2-3-11(10-14)15(18)17-13-6-5-12(9-13)16(19)20/h2-4,10,12-13H,5-9H2,1H3,(H,17,18)(H,19,20)/t12-,13+/m0/s1. The van der Waals surface area contributed by atoms with Crippen molar-refractivity contribution < 1.29 is 24.2 Å². The molecule has 0 unspecified atom stereocenters. The van der Waals surface area contributed by atoms with Crippen LogP contribution in [0.15, 0.2) is 24.3 Å². The minimum atomic E-state index is -0.787. The molecular weight excluding hydrogens is 286 g/mol. The normalized spacial score (nSPS) is 20.6. The number of methoxy groups -OCH3 is 1. The fourth-order valence-electron chi connectivity index (χ4n) is 2.58. The van der Waals surface area contributed by atoms with Crippen molar-refractivity contribution >= 4 is 11.9 Å². The summed E-state index contributed by atoms with van der Waals surface area (Å²) in [4.78, 5) is 23.2. The van der Waals surface area contributed by atoms with E-state index in [2.05, 4.69) is 5.32 Å². The zero-order valence-electron chi connectivity index (χ0n) is 12.6. The van der Waals surface area contributed by atoms with E-state index >= 15 is 0 Å². The van der Waals surface area contributed by atoms with Gasteiger partial charge in [0.2, 0.25) is 0 Å². The van der Waals surface area contributed by atoms with Gasteiger partial charge in [-0.3, -0.25) is 9.59 Å². The van der Waals surface area contributed by atoms with Crippen LogP contribution in [0.4, 0.5) is 0 Å². The lowest BCUT2D eigenvalue weighted by Crippen LogP contribution is -2.33. The van der Waals surface area contributed by atoms with Gasteiger partial charge in [-0.25, -0.2) is 0 Å². The smallest absolute Gasteiger partial charge is 0.306 e. The van der Waals surface area contributed by atoms with Crippen molar-refractivity contribution in [3.8, 4) is 5.75 Å². The Morgan fingerprint density at radius 2 is 2.14 bits per heavy atom. The van der Waals surface area contributed by atoms with Crippen LogP contribution in [0.5, 0.6) is 5.75 Å². The maximum atomic E-state index is 12.2. The molecule has 1 aromatic rings. The number of rotatable bonds is 7. The number of ether oxygens (including phenoxy) is 2. The Labute approximate surface area is 129 Å². The highest BCUT2D eigenvalue weighted by molar-refractivity contribution is 5.94. The van der Waals surface area contributed by atoms with Crippen LogP contribution in [-0.2, 0) is 9.53 Å². The molecule has 0 heterocycles. The first kappa shape index (κ1) is 16.3. The average molecular weight is 307 g/mol. The predicted molar refractivity (Wildman–Crippen MR) is 80.0 cm³/mol. The van der Waals surface area contributed by atoms with Crippen molar-refractivity contribution in [2.24, 2.45) is 5.92 Å². The average Bonchev–Trinajstić information content (AvgIpc) is 2.96. The number of hydrogen-bond donors (Lipinski definition) is 2. The van der Waals surface area contributed by atoms with E-state index in [0.717, 1.165) is 0 Å². The Morgan fingerprint density at radius 1 is 1.32 bits per heavy atom. The Bertz CT molecular complexity index is 531. The van der Waals surface area contributed by atoms with Crippen LogP contribution in [0, 0.1) is 5.92 Å². The molecule has 0 bridgehead atoms. The molecule has 1 aliphatic rings. The molecule has 0 radical (unpaired) electrons. The molecule has 0 aromatic heterocycles. The minimum absolute atomic E-state index is 0.0772. The Balaban J connectivity index is 1.90. The first-order chi connectivity index (χ1) is 10.6. The summed E-state index contributed by atoms with van der Waals surface area (Å²) in [6, 6.07) is 6.84. The number of benzene rings is 1. The van der Waals surface area contributed by atoms with Gasteiger partial charge in [0, 0.05) is 18.7 Å². The Kier molecular flexibility index (Phi) is 5.77. The fourth-order valence-corrected chi connectivity index (χ4v) is 2.58. The monoisotopic (exact) mass is 307 g/mol. The molecule has 120 valence electrons. The summed E-state index contributed by atoms with van der Waals surface area (Å²) in [6.07, 6.45) is 1.80. The number of hydrogen-bond acceptors (Lipinski definition) is 4. The third-order valence-corrected chi connectivity index (χ3v) is 3.77. The van der Waals surface area contributed by atoms with Crippen molar-refractivity contribution in [1.29, 1.82) is 0 Å². The van der Waals surface area contributed by atoms with Crippen LogP contribution in [0.2, 0.25) is 0 Å². The number of amides is 1. The van der Waals surface area contributed by atoms with Gasteiger partial charge in [0.1, 0.15) is 12.4 Å². The van der Waals surface area contributed by atoms with Gasteiger partial charge >= 0.3 is 5.97 Å². The molecule has 2 rings (SSSR count). The van der Waals surface area contributed by atoms with Crippen molar-refractivity contribution in [1.82, 2.24) is 5.32 Å². The lowest BCUT2D eigenvalue weighted by Gasteiger charge is -2.13. The van der Waals surface area contributed by atoms with Crippen LogP contribution < -0.4 is 10.1 Å². The van der Waals surface area contributed by atoms with E-state index in [1.165, 1.54) is 0 Å². The Hall–Kier alpha value is -2.08. The molecule has 0 spiro atoms. The third-order valence-electron chi connectivity index (χ3n) is 3.77. The highest BCUT2D eigenvalue weighted by Gasteiger charge is 2.30. The number of carbonyl (C=O) groups excluding carboxylic acids is 1. The molecule has 2 N–H and O–H groups in total. The van der Waals surface area contributed by atoms with Crippen LogP contribution in [0.3, 0.4) is 0 Å². The van der Waals surface area contributed by atoms with E-state index in [9.17, 15) is 9.59 Å². The Morgan fingerprint density at radius 3 is 2.82 bits per heavy atom. The van der Waals surface area contributed by atoms with Crippen LogP contribution >= 0.6 is 0 Å². The van der Waals surface area contributed by atoms with Crippen LogP contribution in [0.25, 0.3) is 0 Å². The zero-order valence-corrected chi connectivity index (χ0v) is 12.6. The molecule has 0 saturated heterocycles. The molecule has 2 atom stereocenters. The molecule has 1 aromatic carbocycles. The second-order valence-electron chi connectivity index (χ2n) is 5.39. The second-order valence-corrected chi connectivity index (χ2v) is 5.39. The van der Waals surface area contributed by atoms with Gasteiger partial charge in [0.05, 0.1) is 12.5 Å². The zero-order chi connectivity index (χ0) is 15.9. The van der Waals surface area contributed by atoms with E-state index in [4.69, 9.17) is 14.6 Å². The maximum Gasteiger partial charge on any atom is 0.306 e. The number of nitrogens with one attached hydrogen (secondary N) is 1. The SMILES string of the molecule is COCCOc1cccc(C(=O)N[C@@H]2CC[C@H](C(=O)O)C2)c1. The van der Waals surface area contributed by atoms with Gasteiger partial charge in [0.15, 0.2) is 0 Å². The topological polar surface area (TPSA) is 84.9 Å². The first-order valence-electron chi connectivity index (χ1n) is 7.35. The highest BCUT2D eigenvalue weighted by Crippen LogP contribution is 2.26. The molecule has 6 heteroatoms. The first-order valence-corrected chi connectivity index (χ1v) is 7.35. The van der Waals surface area contributed by atoms with Gasteiger partial charge in [-0.15, -0.1) is 0 Å². The largest absolute Gasteiger partial charge is 0.491 e. The van der Waals surface area contributed by atoms with Crippen molar-refractivity contribution in [2.45, 2.75) is 25.3 Å². The summed E-state index contributed by atoms with van der Waals surface area (Å²) < 4.78 is 10.4. The maximum absolute atomic E-state index is 12.2. The van der Waals surface area contributed by atoms with Crippen LogP contribution in [-0.4, -0.2) is 43.3 Å². The molecule has 0 aliphatic heterocycles. The molecule has 6 nitrogen and oxygen atoms in total. The third kappa shape index (κ3) is 4.46. The summed E-state index contributed by atoms with van der Waals surface area (Å²) in [5.41, 5.74) is 0.508. The lowest BCUT2D eigenvalue weighted by molar-refractivity contribution is -0.141. The van der Waals surface area contributed by atoms with Crippen LogP contribution in [0.1, 0.15) is 29.6 Å². The highest BCUT2D eigenvalue weighted by atomic mass is 16.5. The molecule has 1 fully saturated rings. The van der Waals surface area contributed by atoms with E-state index in [1.807, 2.05) is 0 Å². The minimum Gasteiger partial charge on any atom is -0.491 e. The molecule has 22 heavy (non-hydrogen) atoms. The fraction of sp³-hybridized carbons (Fsp3) is 0.500. The van der Waals surface area contributed by atoms with Crippen molar-refractivity contribution in [3.05, 3.63) is 29.8 Å². The number of carboxylic acid groups (broad SMARTS) is 1. The summed E-state index contributed by atoms with van der Waals surface area (Å²) in [5.74, 6) is -0.730. The summed E-state index contributed by atoms with van der Waals surface area (Å²) in [5, 5.41) is 11.9. The predicted octanol–water partition coefficient (Wildman–Crippen LogP) is 1.69. The van der Waals surface area contributed by atoms with Gasteiger partial charge < -0.3 is 19.9 Å². The molecule has 1 amide bonds. The van der Waals surface area contributed by atoms with Gasteiger partial charge in [-0.2, -0.15) is 0 Å². The number of carboxylic acids is 1. The summed E-state index contributed by atoms with van der Waals surface area (Å²) in [7, 11) is 1.60. The van der Waals surface area contributed by atoms with Crippen molar-refractivity contribution in [3.63, 3.8) is 0 Å². The van der Waals surface area contributed by atoms with E-state index in [-0.39, 0.29) is 17.9 Å². The van der Waals surface area contributed by atoms with Gasteiger partial charge in [-0.05, 0) is 37.5 Å². The van der Waals surface area contributed by atoms with Gasteiger partial charge in [-0.1, -0.05) is 6.07 Å². The summed E-state index contributed by atoms with van der Waals surface area (Å²) in [6.45, 7) is 0.902. The summed E-state index contributed by atoms with van der Waals surface area (Å²) >= 11 is 0. The number of aliphatic carboxylic acids is 1. The van der Waals surface area contributed by atoms with E-state index < -0.39 is 5.97 Å². The quantitative estimate of drug-likeness (QED) is 0.749. The van der Waals surface area contributed by atoms with E-state index in [1.54, 1.807) is 31.4 Å². The second kappa shape index (κ2) is 7.79. The van der Waals surface area contributed by atoms with E-state index in [0.29, 0.717) is 43.8 Å².